The van der Waals surface area contributed by atoms with Crippen LogP contribution >= 0.6 is 11.3 Å². The number of hydrogen-bond donors (Lipinski definition) is 1. The van der Waals surface area contributed by atoms with Gasteiger partial charge in [0.25, 0.3) is 5.91 Å². The number of thiophene rings is 1. The highest BCUT2D eigenvalue weighted by Gasteiger charge is 2.25. The van der Waals surface area contributed by atoms with Gasteiger partial charge >= 0.3 is 0 Å². The third-order valence-corrected chi connectivity index (χ3v) is 6.16. The third kappa shape index (κ3) is 4.18. The highest BCUT2D eigenvalue weighted by atomic mass is 32.1. The van der Waals surface area contributed by atoms with E-state index in [1.54, 1.807) is 17.6 Å². The molecule has 1 aliphatic heterocycles. The Morgan fingerprint density at radius 2 is 2.07 bits per heavy atom. The maximum absolute atomic E-state index is 12.8. The quantitative estimate of drug-likeness (QED) is 0.659. The Hall–Kier alpha value is -2.44. The monoisotopic (exact) mass is 395 g/mol. The minimum Gasteiger partial charge on any atom is -0.468 e. The highest BCUT2D eigenvalue weighted by Crippen LogP contribution is 2.26. The van der Waals surface area contributed by atoms with Gasteiger partial charge in [-0.05, 0) is 68.6 Å². The largest absolute Gasteiger partial charge is 0.468 e. The molecule has 4 rings (SSSR count). The van der Waals surface area contributed by atoms with Crippen molar-refractivity contribution >= 4 is 17.2 Å². The number of nitrogens with zero attached hydrogens (tertiary/aromatic N) is 2. The van der Waals surface area contributed by atoms with Crippen LogP contribution in [0.4, 0.5) is 0 Å². The number of rotatable bonds is 6. The van der Waals surface area contributed by atoms with Crippen LogP contribution in [0.1, 0.15) is 47.1 Å². The van der Waals surface area contributed by atoms with Gasteiger partial charge in [-0.2, -0.15) is 0 Å². The summed E-state index contributed by atoms with van der Waals surface area (Å²) in [4.78, 5) is 21.0. The van der Waals surface area contributed by atoms with Gasteiger partial charge in [-0.3, -0.25) is 14.7 Å². The molecule has 146 valence electrons. The molecule has 0 bridgehead atoms. The van der Waals surface area contributed by atoms with Gasteiger partial charge in [0.05, 0.1) is 34.1 Å². The molecule has 1 aliphatic rings. The van der Waals surface area contributed by atoms with Gasteiger partial charge in [0, 0.05) is 6.54 Å². The number of pyridine rings is 1. The molecule has 1 saturated heterocycles. The molecule has 1 unspecified atom stereocenters. The molecule has 1 fully saturated rings. The van der Waals surface area contributed by atoms with E-state index in [-0.39, 0.29) is 11.9 Å². The van der Waals surface area contributed by atoms with E-state index in [2.05, 4.69) is 15.2 Å². The smallest absolute Gasteiger partial charge is 0.253 e. The number of carbonyl (C=O) groups is 1. The van der Waals surface area contributed by atoms with E-state index in [9.17, 15) is 4.79 Å². The molecule has 1 N–H and O–H groups in total. The number of furan rings is 1. The van der Waals surface area contributed by atoms with E-state index < -0.39 is 0 Å². The average molecular weight is 396 g/mol. The third-order valence-electron chi connectivity index (χ3n) is 5.26. The molecule has 0 saturated carbocycles. The van der Waals surface area contributed by atoms with Crippen LogP contribution in [0, 0.1) is 6.92 Å². The number of hydrogen-bond acceptors (Lipinski definition) is 5. The fourth-order valence-corrected chi connectivity index (χ4v) is 4.46. The second kappa shape index (κ2) is 8.71. The zero-order valence-electron chi connectivity index (χ0n) is 16.1. The molecule has 4 heterocycles. The standard InChI is InChI=1S/C22H25N3O2S/c1-16-17(9-10-18(24-16)21-8-6-14-28-21)22(26)23-15-19(20-7-5-13-27-20)25-11-3-2-4-12-25/h5-10,13-14,19H,2-4,11-12,15H2,1H3,(H,23,26). The predicted molar refractivity (Wildman–Crippen MR) is 111 cm³/mol. The van der Waals surface area contributed by atoms with Crippen molar-refractivity contribution in [2.24, 2.45) is 0 Å². The van der Waals surface area contributed by atoms with E-state index >= 15 is 0 Å². The lowest BCUT2D eigenvalue weighted by atomic mass is 10.1. The van der Waals surface area contributed by atoms with Gasteiger partial charge in [-0.25, -0.2) is 0 Å². The van der Waals surface area contributed by atoms with Crippen LogP contribution in [0.5, 0.6) is 0 Å². The number of carbonyl (C=O) groups excluding carboxylic acids is 1. The van der Waals surface area contributed by atoms with Gasteiger partial charge < -0.3 is 9.73 Å². The Balaban J connectivity index is 1.46. The van der Waals surface area contributed by atoms with Crippen LogP contribution in [-0.2, 0) is 0 Å². The van der Waals surface area contributed by atoms with Crippen LogP contribution in [0.25, 0.3) is 10.6 Å². The fraction of sp³-hybridized carbons (Fsp3) is 0.364. The maximum Gasteiger partial charge on any atom is 0.253 e. The predicted octanol–water partition coefficient (Wildman–Crippen LogP) is 4.67. The molecule has 3 aromatic rings. The second-order valence-corrected chi connectivity index (χ2v) is 8.09. The molecule has 0 aliphatic carbocycles. The lowest BCUT2D eigenvalue weighted by molar-refractivity contribution is 0.0913. The topological polar surface area (TPSA) is 58.4 Å². The molecular weight excluding hydrogens is 370 g/mol. The van der Waals surface area contributed by atoms with Crippen LogP contribution in [-0.4, -0.2) is 35.4 Å². The number of likely N-dealkylation sites (tertiary alicyclic amines) is 1. The van der Waals surface area contributed by atoms with Crippen molar-refractivity contribution in [3.8, 4) is 10.6 Å². The maximum atomic E-state index is 12.8. The molecule has 0 spiro atoms. The van der Waals surface area contributed by atoms with E-state index in [0.29, 0.717) is 12.1 Å². The molecule has 1 atom stereocenters. The summed E-state index contributed by atoms with van der Waals surface area (Å²) < 4.78 is 5.66. The van der Waals surface area contributed by atoms with Crippen molar-refractivity contribution in [2.75, 3.05) is 19.6 Å². The van der Waals surface area contributed by atoms with Crippen LogP contribution in [0.2, 0.25) is 0 Å². The molecule has 0 radical (unpaired) electrons. The number of aryl methyl sites for hydroxylation is 1. The molecular formula is C22H25N3O2S. The van der Waals surface area contributed by atoms with Crippen molar-refractivity contribution in [3.63, 3.8) is 0 Å². The van der Waals surface area contributed by atoms with Crippen molar-refractivity contribution in [3.05, 3.63) is 65.1 Å². The molecule has 1 amide bonds. The van der Waals surface area contributed by atoms with E-state index in [1.807, 2.05) is 48.7 Å². The molecule has 3 aromatic heterocycles. The summed E-state index contributed by atoms with van der Waals surface area (Å²) in [5.74, 6) is 0.821. The van der Waals surface area contributed by atoms with Gasteiger partial charge in [0.15, 0.2) is 0 Å². The minimum absolute atomic E-state index is 0.0675. The van der Waals surface area contributed by atoms with Crippen LogP contribution in [0.3, 0.4) is 0 Å². The first-order valence-corrected chi connectivity index (χ1v) is 10.7. The van der Waals surface area contributed by atoms with E-state index in [0.717, 1.165) is 35.1 Å². The normalized spacial score (nSPS) is 16.0. The van der Waals surface area contributed by atoms with Crippen molar-refractivity contribution in [2.45, 2.75) is 32.2 Å². The fourth-order valence-electron chi connectivity index (χ4n) is 3.77. The van der Waals surface area contributed by atoms with Gasteiger partial charge in [0.2, 0.25) is 0 Å². The zero-order chi connectivity index (χ0) is 19.3. The number of aromatic nitrogens is 1. The number of nitrogens with one attached hydrogen (secondary N) is 1. The first-order chi connectivity index (χ1) is 13.7. The Morgan fingerprint density at radius 1 is 1.21 bits per heavy atom. The summed E-state index contributed by atoms with van der Waals surface area (Å²) in [6, 6.07) is 11.8. The number of amides is 1. The SMILES string of the molecule is Cc1nc(-c2cccs2)ccc1C(=O)NCC(c1ccco1)N1CCCCC1. The average Bonchev–Trinajstić information content (AvgIpc) is 3.43. The summed E-state index contributed by atoms with van der Waals surface area (Å²) in [5.41, 5.74) is 2.28. The van der Waals surface area contributed by atoms with Crippen molar-refractivity contribution < 1.29 is 9.21 Å². The first kappa shape index (κ1) is 18.9. The summed E-state index contributed by atoms with van der Waals surface area (Å²) in [7, 11) is 0. The van der Waals surface area contributed by atoms with Crippen LogP contribution < -0.4 is 5.32 Å². The van der Waals surface area contributed by atoms with Gasteiger partial charge in [-0.15, -0.1) is 11.3 Å². The summed E-state index contributed by atoms with van der Waals surface area (Å²) >= 11 is 1.65. The van der Waals surface area contributed by atoms with Crippen molar-refractivity contribution in [1.29, 1.82) is 0 Å². The Labute approximate surface area is 169 Å². The Morgan fingerprint density at radius 3 is 2.75 bits per heavy atom. The minimum atomic E-state index is -0.0868. The van der Waals surface area contributed by atoms with Crippen LogP contribution in [0.15, 0.2) is 52.5 Å². The first-order valence-electron chi connectivity index (χ1n) is 9.79. The lowest BCUT2D eigenvalue weighted by Gasteiger charge is -2.33. The molecule has 6 heteroatoms. The Bertz CT molecular complexity index is 900. The summed E-state index contributed by atoms with van der Waals surface area (Å²) in [6.07, 6.45) is 5.36. The zero-order valence-corrected chi connectivity index (χ0v) is 16.9. The highest BCUT2D eigenvalue weighted by molar-refractivity contribution is 7.13. The summed E-state index contributed by atoms with van der Waals surface area (Å²) in [6.45, 7) is 4.49. The summed E-state index contributed by atoms with van der Waals surface area (Å²) in [5, 5.41) is 5.13. The molecule has 0 aromatic carbocycles. The van der Waals surface area contributed by atoms with E-state index in [1.165, 1.54) is 19.3 Å². The van der Waals surface area contributed by atoms with E-state index in [4.69, 9.17) is 4.42 Å². The van der Waals surface area contributed by atoms with Gasteiger partial charge in [-0.1, -0.05) is 12.5 Å². The van der Waals surface area contributed by atoms with Gasteiger partial charge in [0.1, 0.15) is 5.76 Å². The Kier molecular flexibility index (Phi) is 5.88. The molecule has 5 nitrogen and oxygen atoms in total. The number of piperidine rings is 1. The lowest BCUT2D eigenvalue weighted by Crippen LogP contribution is -2.40. The van der Waals surface area contributed by atoms with Crippen molar-refractivity contribution in [1.82, 2.24) is 15.2 Å². The molecule has 28 heavy (non-hydrogen) atoms. The second-order valence-electron chi connectivity index (χ2n) is 7.14.